The van der Waals surface area contributed by atoms with E-state index in [0.29, 0.717) is 42.4 Å². The number of carbonyl (C=O) groups is 1. The second kappa shape index (κ2) is 10.9. The summed E-state index contributed by atoms with van der Waals surface area (Å²) in [5.74, 6) is 1.64. The molecule has 2 saturated carbocycles. The molecule has 1 amide bonds. The van der Waals surface area contributed by atoms with E-state index >= 15 is 0 Å². The minimum atomic E-state index is -0.342. The van der Waals surface area contributed by atoms with Gasteiger partial charge in [-0.3, -0.25) is 9.69 Å². The summed E-state index contributed by atoms with van der Waals surface area (Å²) in [6.45, 7) is 2.14. The maximum absolute atomic E-state index is 13.6. The number of nitrogens with two attached hydrogens (primary N) is 1. The monoisotopic (exact) mass is 566 g/mol. The van der Waals surface area contributed by atoms with E-state index in [9.17, 15) is 9.18 Å². The summed E-state index contributed by atoms with van der Waals surface area (Å²) >= 11 is 0. The maximum atomic E-state index is 13.6. The highest BCUT2D eigenvalue weighted by Gasteiger charge is 2.38. The number of rotatable bonds is 9. The van der Waals surface area contributed by atoms with Crippen LogP contribution in [0.15, 0.2) is 67.0 Å². The highest BCUT2D eigenvalue weighted by Crippen LogP contribution is 2.51. The molecule has 1 saturated heterocycles. The number of carbonyl (C=O) groups excluding carboxylic acids is 1. The molecule has 8 nitrogen and oxygen atoms in total. The molecule has 1 unspecified atom stereocenters. The fraction of sp³-hybridized carbons (Fsp3) is 0.364. The third-order valence-corrected chi connectivity index (χ3v) is 8.65. The Hall–Kier alpha value is -4.24. The summed E-state index contributed by atoms with van der Waals surface area (Å²) in [4.78, 5) is 26.4. The molecule has 0 bridgehead atoms. The zero-order chi connectivity index (χ0) is 28.8. The van der Waals surface area contributed by atoms with Crippen LogP contribution >= 0.6 is 0 Å². The number of fused-ring (bicyclic) bond motifs is 1. The molecule has 0 radical (unpaired) electrons. The van der Waals surface area contributed by atoms with Crippen LogP contribution in [-0.2, 0) is 4.79 Å². The lowest BCUT2D eigenvalue weighted by atomic mass is 10.0. The number of likely N-dealkylation sites (tertiary alicyclic amines) is 1. The standard InChI is InChI=1S/C33H35FN6O2/c1-38(24-11-12-24)16-3-6-28(41)39-17-15-25(19-39)40-31(22-7-8-22)29(30-32(35)36-20-37-33(30)40)21-9-13-26(14-10-21)42-27-5-2-4-23(34)18-27/h2-6,9-10,13-14,18,20,22,24-25H,7-8,11-12,15-17,19H2,1H3,(H2,35,36,37). The largest absolute Gasteiger partial charge is 0.457 e. The predicted molar refractivity (Wildman–Crippen MR) is 161 cm³/mol. The van der Waals surface area contributed by atoms with Gasteiger partial charge in [0, 0.05) is 49.1 Å². The third kappa shape index (κ3) is 5.25. The molecular formula is C33H35FN6O2. The van der Waals surface area contributed by atoms with Crippen LogP contribution < -0.4 is 10.5 Å². The van der Waals surface area contributed by atoms with Gasteiger partial charge in [0.15, 0.2) is 0 Å². The van der Waals surface area contributed by atoms with Gasteiger partial charge in [-0.15, -0.1) is 0 Å². The van der Waals surface area contributed by atoms with Gasteiger partial charge in [0.2, 0.25) is 5.91 Å². The Bertz CT molecular complexity index is 1660. The van der Waals surface area contributed by atoms with Crippen molar-refractivity contribution in [2.45, 2.75) is 50.1 Å². The van der Waals surface area contributed by atoms with Gasteiger partial charge in [-0.1, -0.05) is 24.3 Å². The Morgan fingerprint density at radius 3 is 2.64 bits per heavy atom. The fourth-order valence-electron chi connectivity index (χ4n) is 6.19. The highest BCUT2D eigenvalue weighted by atomic mass is 19.1. The molecule has 216 valence electrons. The minimum Gasteiger partial charge on any atom is -0.457 e. The molecule has 4 aromatic rings. The molecule has 2 aliphatic carbocycles. The van der Waals surface area contributed by atoms with Crippen LogP contribution in [0.4, 0.5) is 10.2 Å². The van der Waals surface area contributed by atoms with Crippen molar-refractivity contribution in [2.24, 2.45) is 0 Å². The van der Waals surface area contributed by atoms with Crippen LogP contribution in [-0.4, -0.2) is 63.0 Å². The summed E-state index contributed by atoms with van der Waals surface area (Å²) in [5.41, 5.74) is 10.6. The zero-order valence-electron chi connectivity index (χ0n) is 23.7. The zero-order valence-corrected chi connectivity index (χ0v) is 23.7. The highest BCUT2D eigenvalue weighted by molar-refractivity contribution is 6.03. The quantitative estimate of drug-likeness (QED) is 0.253. The topological polar surface area (TPSA) is 89.5 Å². The number of anilines is 1. The summed E-state index contributed by atoms with van der Waals surface area (Å²) in [6.07, 6.45) is 10.8. The van der Waals surface area contributed by atoms with Gasteiger partial charge in [0.25, 0.3) is 0 Å². The van der Waals surface area contributed by atoms with Gasteiger partial charge in [-0.05, 0) is 74.9 Å². The lowest BCUT2D eigenvalue weighted by Crippen LogP contribution is -2.28. The fourth-order valence-corrected chi connectivity index (χ4v) is 6.19. The summed E-state index contributed by atoms with van der Waals surface area (Å²) in [5, 5.41) is 0.853. The average molecular weight is 567 g/mol. The second-order valence-corrected chi connectivity index (χ2v) is 11.7. The molecule has 2 N–H and O–H groups in total. The lowest BCUT2D eigenvalue weighted by molar-refractivity contribution is -0.125. The minimum absolute atomic E-state index is 0.0642. The van der Waals surface area contributed by atoms with Crippen molar-refractivity contribution < 1.29 is 13.9 Å². The number of likely N-dealkylation sites (N-methyl/N-ethyl adjacent to an activating group) is 1. The molecule has 2 aromatic carbocycles. The van der Waals surface area contributed by atoms with Gasteiger partial charge in [-0.2, -0.15) is 0 Å². The van der Waals surface area contributed by atoms with E-state index in [4.69, 9.17) is 15.5 Å². The van der Waals surface area contributed by atoms with Gasteiger partial charge < -0.3 is 19.9 Å². The smallest absolute Gasteiger partial charge is 0.246 e. The normalized spacial score (nSPS) is 18.9. The SMILES string of the molecule is CN(CC=CC(=O)N1CCC(n2c(C3CC3)c(-c3ccc(Oc4cccc(F)c4)cc3)c3c(N)ncnc32)C1)C1CC1. The van der Waals surface area contributed by atoms with E-state index < -0.39 is 0 Å². The van der Waals surface area contributed by atoms with Crippen LogP contribution in [0, 0.1) is 5.82 Å². The molecule has 0 spiro atoms. The maximum Gasteiger partial charge on any atom is 0.246 e. The van der Waals surface area contributed by atoms with Crippen molar-refractivity contribution in [1.29, 1.82) is 0 Å². The Morgan fingerprint density at radius 1 is 1.10 bits per heavy atom. The van der Waals surface area contributed by atoms with Gasteiger partial charge in [0.05, 0.1) is 11.4 Å². The van der Waals surface area contributed by atoms with Crippen molar-refractivity contribution >= 4 is 22.8 Å². The molecule has 2 aromatic heterocycles. The Labute approximate surface area is 244 Å². The number of amides is 1. The number of halogens is 1. The number of hydrogen-bond acceptors (Lipinski definition) is 6. The summed E-state index contributed by atoms with van der Waals surface area (Å²) < 4.78 is 21.9. The summed E-state index contributed by atoms with van der Waals surface area (Å²) in [7, 11) is 2.12. The predicted octanol–water partition coefficient (Wildman–Crippen LogP) is 5.91. The number of aromatic nitrogens is 3. The molecule has 1 aliphatic heterocycles. The van der Waals surface area contributed by atoms with E-state index in [1.54, 1.807) is 18.2 Å². The Balaban J connectivity index is 1.19. The van der Waals surface area contributed by atoms with Crippen LogP contribution in [0.2, 0.25) is 0 Å². The molecule has 3 heterocycles. The molecular weight excluding hydrogens is 531 g/mol. The second-order valence-electron chi connectivity index (χ2n) is 11.7. The van der Waals surface area contributed by atoms with E-state index in [2.05, 4.69) is 21.5 Å². The van der Waals surface area contributed by atoms with E-state index in [1.807, 2.05) is 35.2 Å². The van der Waals surface area contributed by atoms with Crippen LogP contribution in [0.3, 0.4) is 0 Å². The first-order valence-electron chi connectivity index (χ1n) is 14.8. The third-order valence-electron chi connectivity index (χ3n) is 8.65. The summed E-state index contributed by atoms with van der Waals surface area (Å²) in [6, 6.07) is 14.7. The van der Waals surface area contributed by atoms with Crippen LogP contribution in [0.1, 0.15) is 49.8 Å². The number of hydrogen-bond donors (Lipinski definition) is 1. The molecule has 3 fully saturated rings. The molecule has 7 rings (SSSR count). The number of nitrogens with zero attached hydrogens (tertiary/aromatic N) is 5. The van der Waals surface area contributed by atoms with Crippen molar-refractivity contribution in [2.75, 3.05) is 32.4 Å². The van der Waals surface area contributed by atoms with Gasteiger partial charge in [-0.25, -0.2) is 14.4 Å². The van der Waals surface area contributed by atoms with Crippen molar-refractivity contribution in [3.63, 3.8) is 0 Å². The van der Waals surface area contributed by atoms with E-state index in [0.717, 1.165) is 48.0 Å². The Morgan fingerprint density at radius 2 is 1.90 bits per heavy atom. The van der Waals surface area contributed by atoms with Crippen molar-refractivity contribution in [3.05, 3.63) is 78.5 Å². The number of nitrogen functional groups attached to an aromatic ring is 1. The first kappa shape index (κ1) is 26.6. The van der Waals surface area contributed by atoms with Crippen molar-refractivity contribution in [1.82, 2.24) is 24.3 Å². The van der Waals surface area contributed by atoms with Crippen LogP contribution in [0.25, 0.3) is 22.2 Å². The number of benzene rings is 2. The molecule has 1 atom stereocenters. The molecule has 3 aliphatic rings. The Kier molecular flexibility index (Phi) is 6.90. The molecule has 42 heavy (non-hydrogen) atoms. The van der Waals surface area contributed by atoms with Crippen LogP contribution in [0.5, 0.6) is 11.5 Å². The number of ether oxygens (including phenoxy) is 1. The molecule has 9 heteroatoms. The first-order valence-corrected chi connectivity index (χ1v) is 14.8. The van der Waals surface area contributed by atoms with Gasteiger partial charge in [0.1, 0.15) is 35.1 Å². The van der Waals surface area contributed by atoms with Crippen molar-refractivity contribution in [3.8, 4) is 22.6 Å². The first-order chi connectivity index (χ1) is 20.5. The van der Waals surface area contributed by atoms with Gasteiger partial charge >= 0.3 is 0 Å². The average Bonchev–Trinajstić information content (AvgIpc) is 3.92. The lowest BCUT2D eigenvalue weighted by Gasteiger charge is -2.19. The van der Waals surface area contributed by atoms with E-state index in [1.165, 1.54) is 37.0 Å². The van der Waals surface area contributed by atoms with E-state index in [-0.39, 0.29) is 17.8 Å².